The molecule has 0 aliphatic carbocycles. The van der Waals surface area contributed by atoms with Gasteiger partial charge in [-0.05, 0) is 47.1 Å². The monoisotopic (exact) mass is 401 g/mol. The summed E-state index contributed by atoms with van der Waals surface area (Å²) in [6.45, 7) is 2.38. The van der Waals surface area contributed by atoms with Crippen molar-refractivity contribution in [3.8, 4) is 0 Å². The van der Waals surface area contributed by atoms with Crippen LogP contribution in [-0.2, 0) is 6.54 Å². The second kappa shape index (κ2) is 6.20. The fourth-order valence-electron chi connectivity index (χ4n) is 1.87. The van der Waals surface area contributed by atoms with Crippen LogP contribution in [0.25, 0.3) is 0 Å². The molecule has 2 aromatic rings. The first-order valence-corrected chi connectivity index (χ1v) is 8.18. The van der Waals surface area contributed by atoms with E-state index in [1.54, 1.807) is 18.3 Å². The normalized spacial score (nSPS) is 10.5. The Balaban J connectivity index is 2.29. The van der Waals surface area contributed by atoms with E-state index in [0.29, 0.717) is 0 Å². The summed E-state index contributed by atoms with van der Waals surface area (Å²) in [5.74, 6) is 0.0849. The van der Waals surface area contributed by atoms with Gasteiger partial charge in [-0.15, -0.1) is 11.3 Å². The summed E-state index contributed by atoms with van der Waals surface area (Å²) in [4.78, 5) is 15.0. The van der Waals surface area contributed by atoms with Gasteiger partial charge in [0, 0.05) is 37.5 Å². The van der Waals surface area contributed by atoms with Crippen molar-refractivity contribution in [3.63, 3.8) is 0 Å². The van der Waals surface area contributed by atoms with Crippen LogP contribution in [0.5, 0.6) is 0 Å². The molecule has 0 aliphatic heterocycles. The predicted octanol–water partition coefficient (Wildman–Crippen LogP) is 5.11. The largest absolute Gasteiger partial charge is 0.369 e. The number of ketones is 1. The zero-order valence-corrected chi connectivity index (χ0v) is 14.6. The minimum absolute atomic E-state index is 0.0849. The lowest BCUT2D eigenvalue weighted by Crippen LogP contribution is -2.18. The lowest BCUT2D eigenvalue weighted by atomic mass is 10.1. The molecule has 0 amide bonds. The number of anilines is 1. The predicted molar refractivity (Wildman–Crippen MR) is 88.3 cm³/mol. The SMILES string of the molecule is CC(=O)c1ccc(Br)cc1N(C)Cc1cc(Br)cs1. The van der Waals surface area contributed by atoms with Gasteiger partial charge in [-0.3, -0.25) is 4.79 Å². The highest BCUT2D eigenvalue weighted by Gasteiger charge is 2.12. The first-order valence-electron chi connectivity index (χ1n) is 5.72. The lowest BCUT2D eigenvalue weighted by Gasteiger charge is -2.21. The molecule has 0 atom stereocenters. The molecule has 1 aromatic heterocycles. The zero-order valence-electron chi connectivity index (χ0n) is 10.6. The topological polar surface area (TPSA) is 20.3 Å². The minimum atomic E-state index is 0.0849. The van der Waals surface area contributed by atoms with Crippen LogP contribution in [0.3, 0.4) is 0 Å². The highest BCUT2D eigenvalue weighted by atomic mass is 79.9. The first kappa shape index (κ1) is 14.8. The Hall–Kier alpha value is -0.650. The number of rotatable bonds is 4. The first-order chi connectivity index (χ1) is 8.97. The third-order valence-electron chi connectivity index (χ3n) is 2.77. The second-order valence-electron chi connectivity index (χ2n) is 4.30. The van der Waals surface area contributed by atoms with Crippen molar-refractivity contribution in [1.29, 1.82) is 0 Å². The van der Waals surface area contributed by atoms with E-state index in [0.717, 1.165) is 26.7 Å². The number of halogens is 2. The van der Waals surface area contributed by atoms with Gasteiger partial charge in [-0.1, -0.05) is 15.9 Å². The second-order valence-corrected chi connectivity index (χ2v) is 7.13. The number of benzene rings is 1. The number of hydrogen-bond acceptors (Lipinski definition) is 3. The van der Waals surface area contributed by atoms with E-state index >= 15 is 0 Å². The van der Waals surface area contributed by atoms with Crippen LogP contribution < -0.4 is 4.90 Å². The highest BCUT2D eigenvalue weighted by molar-refractivity contribution is 9.10. The van der Waals surface area contributed by atoms with E-state index in [-0.39, 0.29) is 5.78 Å². The van der Waals surface area contributed by atoms with Crippen LogP contribution >= 0.6 is 43.2 Å². The molecule has 0 unspecified atom stereocenters. The smallest absolute Gasteiger partial charge is 0.161 e. The van der Waals surface area contributed by atoms with Crippen molar-refractivity contribution in [2.45, 2.75) is 13.5 Å². The lowest BCUT2D eigenvalue weighted by molar-refractivity contribution is 0.101. The summed E-state index contributed by atoms with van der Waals surface area (Å²) in [6.07, 6.45) is 0. The molecule has 0 radical (unpaired) electrons. The summed E-state index contributed by atoms with van der Waals surface area (Å²) in [5.41, 5.74) is 1.70. The third kappa shape index (κ3) is 3.68. The van der Waals surface area contributed by atoms with Crippen molar-refractivity contribution < 1.29 is 4.79 Å². The summed E-state index contributed by atoms with van der Waals surface area (Å²) in [6, 6.07) is 7.85. The van der Waals surface area contributed by atoms with E-state index < -0.39 is 0 Å². The van der Waals surface area contributed by atoms with E-state index in [9.17, 15) is 4.79 Å². The van der Waals surface area contributed by atoms with Crippen molar-refractivity contribution in [1.82, 2.24) is 0 Å². The standard InChI is InChI=1S/C14H13Br2NOS/c1-9(18)13-4-3-10(15)6-14(13)17(2)7-12-5-11(16)8-19-12/h3-6,8H,7H2,1-2H3. The van der Waals surface area contributed by atoms with E-state index in [1.165, 1.54) is 4.88 Å². The molecular formula is C14H13Br2NOS. The maximum atomic E-state index is 11.7. The number of carbonyl (C=O) groups is 1. The Morgan fingerprint density at radius 2 is 2.00 bits per heavy atom. The van der Waals surface area contributed by atoms with Gasteiger partial charge in [0.05, 0.1) is 6.54 Å². The molecule has 0 bridgehead atoms. The van der Waals surface area contributed by atoms with Crippen molar-refractivity contribution in [2.75, 3.05) is 11.9 Å². The molecule has 2 rings (SSSR count). The fraction of sp³-hybridized carbons (Fsp3) is 0.214. The summed E-state index contributed by atoms with van der Waals surface area (Å²) in [5, 5.41) is 2.07. The molecule has 0 aliphatic rings. The van der Waals surface area contributed by atoms with Gasteiger partial charge < -0.3 is 4.90 Å². The molecule has 1 aromatic carbocycles. The van der Waals surface area contributed by atoms with E-state index in [1.807, 2.05) is 25.2 Å². The van der Waals surface area contributed by atoms with Crippen LogP contribution in [0.4, 0.5) is 5.69 Å². The average Bonchev–Trinajstić information content (AvgIpc) is 2.74. The van der Waals surface area contributed by atoms with Gasteiger partial charge in [-0.2, -0.15) is 0 Å². The van der Waals surface area contributed by atoms with Gasteiger partial charge in [-0.25, -0.2) is 0 Å². The molecule has 0 spiro atoms. The number of Topliss-reactive ketones (excluding diaryl/α,β-unsaturated/α-hetero) is 1. The molecule has 5 heteroatoms. The number of hydrogen-bond donors (Lipinski definition) is 0. The molecule has 0 saturated carbocycles. The maximum absolute atomic E-state index is 11.7. The Bertz CT molecular complexity index is 609. The van der Waals surface area contributed by atoms with Gasteiger partial charge in [0.15, 0.2) is 5.78 Å². The maximum Gasteiger partial charge on any atom is 0.161 e. The van der Waals surface area contributed by atoms with Crippen LogP contribution in [-0.4, -0.2) is 12.8 Å². The summed E-state index contributed by atoms with van der Waals surface area (Å²) >= 11 is 8.62. The Kier molecular flexibility index (Phi) is 4.81. The van der Waals surface area contributed by atoms with Crippen LogP contribution in [0.2, 0.25) is 0 Å². The van der Waals surface area contributed by atoms with E-state index in [4.69, 9.17) is 0 Å². The van der Waals surface area contributed by atoms with Gasteiger partial charge in [0.1, 0.15) is 0 Å². The zero-order chi connectivity index (χ0) is 14.0. The molecule has 0 saturated heterocycles. The number of nitrogens with zero attached hydrogens (tertiary/aromatic N) is 1. The minimum Gasteiger partial charge on any atom is -0.369 e. The number of thiophene rings is 1. The Morgan fingerprint density at radius 1 is 1.26 bits per heavy atom. The summed E-state index contributed by atoms with van der Waals surface area (Å²) < 4.78 is 2.08. The summed E-state index contributed by atoms with van der Waals surface area (Å²) in [7, 11) is 2.00. The molecule has 0 N–H and O–H groups in total. The molecule has 100 valence electrons. The molecular weight excluding hydrogens is 390 g/mol. The Morgan fingerprint density at radius 3 is 2.58 bits per heavy atom. The fourth-order valence-corrected chi connectivity index (χ4v) is 3.73. The highest BCUT2D eigenvalue weighted by Crippen LogP contribution is 2.28. The van der Waals surface area contributed by atoms with Crippen molar-refractivity contribution in [2.24, 2.45) is 0 Å². The average molecular weight is 403 g/mol. The quantitative estimate of drug-likeness (QED) is 0.662. The van der Waals surface area contributed by atoms with Gasteiger partial charge >= 0.3 is 0 Å². The molecule has 2 nitrogen and oxygen atoms in total. The molecule has 0 fully saturated rings. The Labute approximate surface area is 133 Å². The van der Waals surface area contributed by atoms with E-state index in [2.05, 4.69) is 48.2 Å². The van der Waals surface area contributed by atoms with Gasteiger partial charge in [0.25, 0.3) is 0 Å². The van der Waals surface area contributed by atoms with Crippen LogP contribution in [0.15, 0.2) is 38.6 Å². The third-order valence-corrected chi connectivity index (χ3v) is 4.94. The van der Waals surface area contributed by atoms with Crippen molar-refractivity contribution in [3.05, 3.63) is 49.0 Å². The molecule has 1 heterocycles. The van der Waals surface area contributed by atoms with Crippen LogP contribution in [0.1, 0.15) is 22.2 Å². The van der Waals surface area contributed by atoms with Crippen LogP contribution in [0, 0.1) is 0 Å². The number of carbonyl (C=O) groups excluding carboxylic acids is 1. The van der Waals surface area contributed by atoms with Crippen molar-refractivity contribution >= 4 is 54.7 Å². The molecule has 19 heavy (non-hydrogen) atoms. The van der Waals surface area contributed by atoms with Gasteiger partial charge in [0.2, 0.25) is 0 Å².